The van der Waals surface area contributed by atoms with Crippen LogP contribution in [-0.4, -0.2) is 11.8 Å². The number of halogens is 2. The molecular weight excluding hydrogens is 242 g/mol. The van der Waals surface area contributed by atoms with E-state index in [-0.39, 0.29) is 24.2 Å². The monoisotopic (exact) mass is 256 g/mol. The van der Waals surface area contributed by atoms with Gasteiger partial charge in [-0.05, 0) is 0 Å². The van der Waals surface area contributed by atoms with Crippen LogP contribution in [0.4, 0.5) is 20.2 Å². The summed E-state index contributed by atoms with van der Waals surface area (Å²) in [6, 6.07) is 1.68. The quantitative estimate of drug-likeness (QED) is 0.870. The summed E-state index contributed by atoms with van der Waals surface area (Å²) in [5, 5.41) is 4.46. The van der Waals surface area contributed by atoms with Gasteiger partial charge in [0.15, 0.2) is 0 Å². The molecule has 0 spiro atoms. The van der Waals surface area contributed by atoms with Crippen molar-refractivity contribution in [3.8, 4) is 0 Å². The molecule has 4 nitrogen and oxygen atoms in total. The molecule has 0 atom stereocenters. The highest BCUT2D eigenvalue weighted by molar-refractivity contribution is 5.93. The zero-order valence-corrected chi connectivity index (χ0v) is 10.1. The number of carbonyl (C=O) groups is 2. The van der Waals surface area contributed by atoms with Crippen LogP contribution in [-0.2, 0) is 9.59 Å². The second kappa shape index (κ2) is 6.09. The third-order valence-electron chi connectivity index (χ3n) is 2.25. The van der Waals surface area contributed by atoms with Gasteiger partial charge < -0.3 is 10.6 Å². The predicted molar refractivity (Wildman–Crippen MR) is 64.2 cm³/mol. The Balaban J connectivity index is 2.96. The summed E-state index contributed by atoms with van der Waals surface area (Å²) in [6.45, 7) is 3.19. The Morgan fingerprint density at radius 1 is 0.944 bits per heavy atom. The van der Waals surface area contributed by atoms with E-state index in [9.17, 15) is 18.4 Å². The summed E-state index contributed by atoms with van der Waals surface area (Å²) >= 11 is 0. The molecule has 0 unspecified atom stereocenters. The van der Waals surface area contributed by atoms with E-state index >= 15 is 0 Å². The summed E-state index contributed by atoms with van der Waals surface area (Å²) in [5.74, 6) is -2.44. The van der Waals surface area contributed by atoms with Crippen LogP contribution < -0.4 is 10.6 Å². The number of benzene rings is 1. The lowest BCUT2D eigenvalue weighted by Crippen LogP contribution is -2.14. The van der Waals surface area contributed by atoms with Crippen molar-refractivity contribution in [1.82, 2.24) is 0 Å². The molecule has 1 rings (SSSR count). The highest BCUT2D eigenvalue weighted by Crippen LogP contribution is 2.23. The molecule has 0 aliphatic carbocycles. The van der Waals surface area contributed by atoms with Crippen LogP contribution in [0.15, 0.2) is 12.1 Å². The number of anilines is 2. The molecule has 0 aliphatic heterocycles. The third-order valence-corrected chi connectivity index (χ3v) is 2.25. The zero-order valence-electron chi connectivity index (χ0n) is 10.1. The van der Waals surface area contributed by atoms with Crippen molar-refractivity contribution in [2.75, 3.05) is 10.6 Å². The molecule has 0 radical (unpaired) electrons. The lowest BCUT2D eigenvalue weighted by atomic mass is 10.2. The highest BCUT2D eigenvalue weighted by atomic mass is 19.1. The van der Waals surface area contributed by atoms with Crippen LogP contribution in [0.5, 0.6) is 0 Å². The van der Waals surface area contributed by atoms with Crippen LogP contribution in [0.1, 0.15) is 26.7 Å². The van der Waals surface area contributed by atoms with Crippen molar-refractivity contribution in [3.05, 3.63) is 23.8 Å². The Morgan fingerprint density at radius 2 is 1.28 bits per heavy atom. The van der Waals surface area contributed by atoms with Gasteiger partial charge in [0.05, 0.1) is 11.4 Å². The minimum atomic E-state index is -0.801. The number of carbonyl (C=O) groups excluding carboxylic acids is 2. The van der Waals surface area contributed by atoms with Gasteiger partial charge in [-0.2, -0.15) is 0 Å². The van der Waals surface area contributed by atoms with Gasteiger partial charge in [0.1, 0.15) is 11.6 Å². The molecule has 0 aromatic heterocycles. The maximum absolute atomic E-state index is 13.5. The summed E-state index contributed by atoms with van der Waals surface area (Å²) in [7, 11) is 0. The second-order valence-electron chi connectivity index (χ2n) is 3.62. The van der Waals surface area contributed by atoms with Crippen LogP contribution in [0, 0.1) is 11.6 Å². The first kappa shape index (κ1) is 14.1. The number of nitrogens with one attached hydrogen (secondary N) is 2. The van der Waals surface area contributed by atoms with Gasteiger partial charge in [-0.3, -0.25) is 9.59 Å². The van der Waals surface area contributed by atoms with E-state index in [4.69, 9.17) is 0 Å². The standard InChI is InChI=1S/C12H14F2N2O2/c1-3-11(17)15-9-5-8(14)10(6-7(9)13)16-12(18)4-2/h5-6H,3-4H2,1-2H3,(H,15,17)(H,16,18). The fourth-order valence-electron chi connectivity index (χ4n) is 1.22. The predicted octanol–water partition coefficient (Wildman–Crippen LogP) is 2.66. The van der Waals surface area contributed by atoms with Gasteiger partial charge in [-0.15, -0.1) is 0 Å². The summed E-state index contributed by atoms with van der Waals surface area (Å²) in [6.07, 6.45) is 0.324. The van der Waals surface area contributed by atoms with E-state index in [1.54, 1.807) is 13.8 Å². The van der Waals surface area contributed by atoms with Crippen molar-refractivity contribution in [2.45, 2.75) is 26.7 Å². The zero-order chi connectivity index (χ0) is 13.7. The van der Waals surface area contributed by atoms with Gasteiger partial charge in [0.2, 0.25) is 11.8 Å². The van der Waals surface area contributed by atoms with Gasteiger partial charge in [0.25, 0.3) is 0 Å². The molecule has 0 fully saturated rings. The Morgan fingerprint density at radius 3 is 1.56 bits per heavy atom. The van der Waals surface area contributed by atoms with E-state index < -0.39 is 23.4 Å². The highest BCUT2D eigenvalue weighted by Gasteiger charge is 2.13. The van der Waals surface area contributed by atoms with Crippen molar-refractivity contribution >= 4 is 23.2 Å². The number of hydrogen-bond acceptors (Lipinski definition) is 2. The Labute approximate surface area is 103 Å². The number of hydrogen-bond donors (Lipinski definition) is 2. The molecule has 0 saturated heterocycles. The van der Waals surface area contributed by atoms with E-state index in [0.29, 0.717) is 0 Å². The van der Waals surface area contributed by atoms with E-state index in [2.05, 4.69) is 10.6 Å². The molecular formula is C12H14F2N2O2. The fraction of sp³-hybridized carbons (Fsp3) is 0.333. The molecule has 0 saturated carbocycles. The molecule has 2 amide bonds. The first-order valence-corrected chi connectivity index (χ1v) is 5.56. The lowest BCUT2D eigenvalue weighted by molar-refractivity contribution is -0.116. The molecule has 98 valence electrons. The van der Waals surface area contributed by atoms with Crippen molar-refractivity contribution in [1.29, 1.82) is 0 Å². The molecule has 0 aliphatic rings. The molecule has 1 aromatic carbocycles. The van der Waals surface area contributed by atoms with Crippen LogP contribution in [0.3, 0.4) is 0 Å². The maximum atomic E-state index is 13.5. The minimum Gasteiger partial charge on any atom is -0.324 e. The smallest absolute Gasteiger partial charge is 0.224 e. The summed E-state index contributed by atoms with van der Waals surface area (Å²) in [4.78, 5) is 22.2. The largest absolute Gasteiger partial charge is 0.324 e. The van der Waals surface area contributed by atoms with Gasteiger partial charge in [0, 0.05) is 25.0 Å². The maximum Gasteiger partial charge on any atom is 0.224 e. The molecule has 0 bridgehead atoms. The number of amides is 2. The average Bonchev–Trinajstić information content (AvgIpc) is 2.34. The van der Waals surface area contributed by atoms with E-state index in [0.717, 1.165) is 12.1 Å². The normalized spacial score (nSPS) is 10.0. The Hall–Kier alpha value is -1.98. The minimum absolute atomic E-state index is 0.162. The Kier molecular flexibility index (Phi) is 4.76. The molecule has 0 heterocycles. The van der Waals surface area contributed by atoms with Crippen molar-refractivity contribution in [2.24, 2.45) is 0 Å². The lowest BCUT2D eigenvalue weighted by Gasteiger charge is -2.09. The second-order valence-corrected chi connectivity index (χ2v) is 3.62. The van der Waals surface area contributed by atoms with Crippen LogP contribution >= 0.6 is 0 Å². The molecule has 18 heavy (non-hydrogen) atoms. The van der Waals surface area contributed by atoms with Crippen LogP contribution in [0.2, 0.25) is 0 Å². The van der Waals surface area contributed by atoms with Crippen molar-refractivity contribution in [3.63, 3.8) is 0 Å². The Bertz CT molecular complexity index is 432. The number of rotatable bonds is 4. The van der Waals surface area contributed by atoms with E-state index in [1.807, 2.05) is 0 Å². The summed E-state index contributed by atoms with van der Waals surface area (Å²) in [5.41, 5.74) is -0.484. The van der Waals surface area contributed by atoms with Crippen LogP contribution in [0.25, 0.3) is 0 Å². The molecule has 6 heteroatoms. The fourth-order valence-corrected chi connectivity index (χ4v) is 1.22. The molecule has 1 aromatic rings. The van der Waals surface area contributed by atoms with Crippen molar-refractivity contribution < 1.29 is 18.4 Å². The van der Waals surface area contributed by atoms with Gasteiger partial charge >= 0.3 is 0 Å². The summed E-state index contributed by atoms with van der Waals surface area (Å²) < 4.78 is 27.1. The van der Waals surface area contributed by atoms with Gasteiger partial charge in [-0.1, -0.05) is 13.8 Å². The first-order valence-electron chi connectivity index (χ1n) is 5.56. The first-order chi connectivity index (χ1) is 8.47. The van der Waals surface area contributed by atoms with E-state index in [1.165, 1.54) is 0 Å². The average molecular weight is 256 g/mol. The topological polar surface area (TPSA) is 58.2 Å². The van der Waals surface area contributed by atoms with Gasteiger partial charge in [-0.25, -0.2) is 8.78 Å². The SMILES string of the molecule is CCC(=O)Nc1cc(F)c(NC(=O)CC)cc1F. The molecule has 2 N–H and O–H groups in total. The third kappa shape index (κ3) is 3.51.